The first kappa shape index (κ1) is 16.6. The molecule has 1 rings (SSSR count). The van der Waals surface area contributed by atoms with Crippen molar-refractivity contribution in [2.45, 2.75) is 38.8 Å². The van der Waals surface area contributed by atoms with Crippen molar-refractivity contribution in [2.24, 2.45) is 0 Å². The van der Waals surface area contributed by atoms with Crippen LogP contribution in [0.4, 0.5) is 4.39 Å². The summed E-state index contributed by atoms with van der Waals surface area (Å²) in [5.74, 6) is -0.406. The van der Waals surface area contributed by atoms with E-state index in [9.17, 15) is 14.3 Å². The summed E-state index contributed by atoms with van der Waals surface area (Å²) >= 11 is 0. The molecule has 4 nitrogen and oxygen atoms in total. The molecule has 0 heterocycles. The van der Waals surface area contributed by atoms with E-state index >= 15 is 0 Å². The highest BCUT2D eigenvalue weighted by atomic mass is 19.1. The molecule has 1 atom stereocenters. The van der Waals surface area contributed by atoms with Crippen LogP contribution in [-0.2, 0) is 4.79 Å². The molecule has 1 amide bonds. The zero-order chi connectivity index (χ0) is 15.2. The number of nitrogens with one attached hydrogen (secondary N) is 2. The Kier molecular flexibility index (Phi) is 6.10. The van der Waals surface area contributed by atoms with Crippen molar-refractivity contribution in [1.82, 2.24) is 10.6 Å². The molecule has 0 bridgehead atoms. The average molecular weight is 282 g/mol. The highest BCUT2D eigenvalue weighted by Crippen LogP contribution is 2.12. The number of hydrogen-bond acceptors (Lipinski definition) is 3. The number of aliphatic hydroxyl groups excluding tert-OH is 1. The van der Waals surface area contributed by atoms with Gasteiger partial charge in [-0.25, -0.2) is 4.39 Å². The van der Waals surface area contributed by atoms with Crippen molar-refractivity contribution in [1.29, 1.82) is 0 Å². The molecule has 112 valence electrons. The minimum Gasteiger partial charge on any atom is -0.387 e. The monoisotopic (exact) mass is 282 g/mol. The third kappa shape index (κ3) is 6.63. The van der Waals surface area contributed by atoms with Gasteiger partial charge in [0.25, 0.3) is 0 Å². The Balaban J connectivity index is 2.26. The molecule has 0 saturated heterocycles. The molecule has 1 aromatic rings. The minimum absolute atomic E-state index is 0.0368. The van der Waals surface area contributed by atoms with Gasteiger partial charge in [-0.3, -0.25) is 4.79 Å². The molecular formula is C15H23FN2O2. The van der Waals surface area contributed by atoms with E-state index in [2.05, 4.69) is 10.6 Å². The standard InChI is InChI=1S/C15H23FN2O2/c1-15(2,3)18-14(20)7-8-17-10-13(19)11-5-4-6-12(16)9-11/h4-6,9,13,17,19H,7-8,10H2,1-3H3,(H,18,20). The average Bonchev–Trinajstić information content (AvgIpc) is 2.32. The van der Waals surface area contributed by atoms with Crippen molar-refractivity contribution in [2.75, 3.05) is 13.1 Å². The third-order valence-electron chi connectivity index (χ3n) is 2.61. The number of carbonyl (C=O) groups excluding carboxylic acids is 1. The van der Waals surface area contributed by atoms with Gasteiger partial charge in [0, 0.05) is 25.0 Å². The quantitative estimate of drug-likeness (QED) is 0.697. The predicted molar refractivity (Wildman–Crippen MR) is 76.7 cm³/mol. The fraction of sp³-hybridized carbons (Fsp3) is 0.533. The Bertz CT molecular complexity index is 444. The maximum absolute atomic E-state index is 13.0. The fourth-order valence-electron chi connectivity index (χ4n) is 1.75. The maximum atomic E-state index is 13.0. The number of aliphatic hydroxyl groups is 1. The lowest BCUT2D eigenvalue weighted by molar-refractivity contribution is -0.122. The number of carbonyl (C=O) groups is 1. The highest BCUT2D eigenvalue weighted by Gasteiger charge is 2.13. The van der Waals surface area contributed by atoms with Gasteiger partial charge < -0.3 is 15.7 Å². The predicted octanol–water partition coefficient (Wildman–Crippen LogP) is 1.75. The summed E-state index contributed by atoms with van der Waals surface area (Å²) in [6, 6.07) is 5.87. The molecule has 20 heavy (non-hydrogen) atoms. The molecule has 0 saturated carbocycles. The summed E-state index contributed by atoms with van der Waals surface area (Å²) in [6.45, 7) is 6.52. The lowest BCUT2D eigenvalue weighted by Crippen LogP contribution is -2.41. The van der Waals surface area contributed by atoms with Crippen LogP contribution >= 0.6 is 0 Å². The molecule has 0 aliphatic carbocycles. The fourth-order valence-corrected chi connectivity index (χ4v) is 1.75. The first-order chi connectivity index (χ1) is 9.28. The van der Waals surface area contributed by atoms with Crippen molar-refractivity contribution >= 4 is 5.91 Å². The van der Waals surface area contributed by atoms with Gasteiger partial charge in [0.1, 0.15) is 5.82 Å². The van der Waals surface area contributed by atoms with Gasteiger partial charge in [0.05, 0.1) is 6.10 Å². The topological polar surface area (TPSA) is 61.4 Å². The van der Waals surface area contributed by atoms with E-state index in [0.29, 0.717) is 18.5 Å². The molecule has 0 fully saturated rings. The van der Waals surface area contributed by atoms with E-state index in [0.717, 1.165) is 0 Å². The van der Waals surface area contributed by atoms with Crippen molar-refractivity contribution in [3.8, 4) is 0 Å². The first-order valence-corrected chi connectivity index (χ1v) is 6.73. The molecular weight excluding hydrogens is 259 g/mol. The van der Waals surface area contributed by atoms with Crippen LogP contribution in [0.3, 0.4) is 0 Å². The highest BCUT2D eigenvalue weighted by molar-refractivity contribution is 5.76. The SMILES string of the molecule is CC(C)(C)NC(=O)CCNCC(O)c1cccc(F)c1. The van der Waals surface area contributed by atoms with Crippen LogP contribution in [0, 0.1) is 5.82 Å². The number of hydrogen-bond donors (Lipinski definition) is 3. The lowest BCUT2D eigenvalue weighted by atomic mass is 10.1. The van der Waals surface area contributed by atoms with Crippen LogP contribution in [-0.4, -0.2) is 29.6 Å². The zero-order valence-corrected chi connectivity index (χ0v) is 12.2. The second-order valence-corrected chi connectivity index (χ2v) is 5.82. The number of rotatable bonds is 6. The van der Waals surface area contributed by atoms with Crippen LogP contribution in [0.15, 0.2) is 24.3 Å². The van der Waals surface area contributed by atoms with Gasteiger partial charge in [0.15, 0.2) is 0 Å². The zero-order valence-electron chi connectivity index (χ0n) is 12.2. The largest absolute Gasteiger partial charge is 0.387 e. The molecule has 5 heteroatoms. The molecule has 0 aliphatic rings. The van der Waals surface area contributed by atoms with Crippen LogP contribution in [0.5, 0.6) is 0 Å². The van der Waals surface area contributed by atoms with Gasteiger partial charge >= 0.3 is 0 Å². The minimum atomic E-state index is -0.781. The van der Waals surface area contributed by atoms with Crippen LogP contribution in [0.25, 0.3) is 0 Å². The Morgan fingerprint density at radius 3 is 2.70 bits per heavy atom. The summed E-state index contributed by atoms with van der Waals surface area (Å²) in [6.07, 6.45) is -0.441. The second-order valence-electron chi connectivity index (χ2n) is 5.82. The first-order valence-electron chi connectivity index (χ1n) is 6.73. The van der Waals surface area contributed by atoms with E-state index in [1.54, 1.807) is 12.1 Å². The summed E-state index contributed by atoms with van der Waals surface area (Å²) in [4.78, 5) is 11.6. The van der Waals surface area contributed by atoms with Crippen molar-refractivity contribution in [3.05, 3.63) is 35.6 Å². The molecule has 0 aromatic heterocycles. The normalized spacial score (nSPS) is 13.1. The third-order valence-corrected chi connectivity index (χ3v) is 2.61. The summed E-state index contributed by atoms with van der Waals surface area (Å²) in [5.41, 5.74) is 0.287. The molecule has 0 radical (unpaired) electrons. The van der Waals surface area contributed by atoms with Crippen LogP contribution in [0.1, 0.15) is 38.9 Å². The van der Waals surface area contributed by atoms with E-state index in [1.165, 1.54) is 12.1 Å². The van der Waals surface area contributed by atoms with E-state index in [4.69, 9.17) is 0 Å². The second kappa shape index (κ2) is 7.36. The molecule has 3 N–H and O–H groups in total. The Hall–Kier alpha value is -1.46. The maximum Gasteiger partial charge on any atom is 0.221 e. The summed E-state index contributed by atoms with van der Waals surface area (Å²) in [7, 11) is 0. The van der Waals surface area contributed by atoms with Crippen LogP contribution < -0.4 is 10.6 Å². The van der Waals surface area contributed by atoms with Gasteiger partial charge in [-0.15, -0.1) is 0 Å². The van der Waals surface area contributed by atoms with Crippen molar-refractivity contribution in [3.63, 3.8) is 0 Å². The summed E-state index contributed by atoms with van der Waals surface area (Å²) in [5, 5.41) is 15.7. The number of amides is 1. The van der Waals surface area contributed by atoms with E-state index in [-0.39, 0.29) is 23.8 Å². The molecule has 1 aromatic carbocycles. The number of halogens is 1. The lowest BCUT2D eigenvalue weighted by Gasteiger charge is -2.20. The van der Waals surface area contributed by atoms with Gasteiger partial charge in [-0.1, -0.05) is 12.1 Å². The van der Waals surface area contributed by atoms with Gasteiger partial charge in [0.2, 0.25) is 5.91 Å². The van der Waals surface area contributed by atoms with E-state index in [1.807, 2.05) is 20.8 Å². The molecule has 0 aliphatic heterocycles. The Labute approximate surface area is 119 Å². The van der Waals surface area contributed by atoms with Gasteiger partial charge in [-0.2, -0.15) is 0 Å². The summed E-state index contributed by atoms with van der Waals surface area (Å²) < 4.78 is 13.0. The molecule has 0 spiro atoms. The Morgan fingerprint density at radius 2 is 2.10 bits per heavy atom. The van der Waals surface area contributed by atoms with E-state index < -0.39 is 6.10 Å². The number of benzene rings is 1. The van der Waals surface area contributed by atoms with Crippen molar-refractivity contribution < 1.29 is 14.3 Å². The Morgan fingerprint density at radius 1 is 1.40 bits per heavy atom. The molecule has 1 unspecified atom stereocenters. The van der Waals surface area contributed by atoms with Gasteiger partial charge in [-0.05, 0) is 38.5 Å². The van der Waals surface area contributed by atoms with Crippen LogP contribution in [0.2, 0.25) is 0 Å². The smallest absolute Gasteiger partial charge is 0.221 e.